The number of rotatable bonds is 3. The van der Waals surface area contributed by atoms with E-state index in [2.05, 4.69) is 24.3 Å². The van der Waals surface area contributed by atoms with Gasteiger partial charge in [0.2, 0.25) is 0 Å². The van der Waals surface area contributed by atoms with Crippen molar-refractivity contribution in [3.63, 3.8) is 0 Å². The highest BCUT2D eigenvalue weighted by atomic mass is 33.1. The zero-order chi connectivity index (χ0) is 10.7. The molecule has 2 aromatic rings. The van der Waals surface area contributed by atoms with E-state index >= 15 is 0 Å². The second-order valence-electron chi connectivity index (χ2n) is 3.25. The summed E-state index contributed by atoms with van der Waals surface area (Å²) in [4.78, 5) is 0. The summed E-state index contributed by atoms with van der Waals surface area (Å²) in [5, 5.41) is 2.43. The zero-order valence-electron chi connectivity index (χ0n) is 8.47. The van der Waals surface area contributed by atoms with Gasteiger partial charge in [-0.2, -0.15) is 0 Å². The summed E-state index contributed by atoms with van der Waals surface area (Å²) < 4.78 is 11.5. The van der Waals surface area contributed by atoms with Crippen LogP contribution in [0.4, 0.5) is 0 Å². The first-order valence-corrected chi connectivity index (χ1v) is 7.77. The van der Waals surface area contributed by atoms with Crippen molar-refractivity contribution < 1.29 is 4.21 Å². The van der Waals surface area contributed by atoms with Gasteiger partial charge in [0.1, 0.15) is 0 Å². The van der Waals surface area contributed by atoms with E-state index in [4.69, 9.17) is 0 Å². The Bertz CT molecular complexity index is 488. The van der Waals surface area contributed by atoms with Gasteiger partial charge in [-0.05, 0) is 22.6 Å². The van der Waals surface area contributed by atoms with Crippen molar-refractivity contribution >= 4 is 31.4 Å². The molecule has 78 valence electrons. The fourth-order valence-electron chi connectivity index (χ4n) is 1.60. The molecule has 0 bridgehead atoms. The Kier molecular flexibility index (Phi) is 3.44. The van der Waals surface area contributed by atoms with E-state index in [-0.39, 0.29) is 0 Å². The van der Waals surface area contributed by atoms with Gasteiger partial charge in [0.25, 0.3) is 0 Å². The first-order valence-electron chi connectivity index (χ1n) is 4.71. The molecule has 0 amide bonds. The Morgan fingerprint density at radius 1 is 1.13 bits per heavy atom. The van der Waals surface area contributed by atoms with E-state index in [1.165, 1.54) is 27.1 Å². The Morgan fingerprint density at radius 2 is 1.87 bits per heavy atom. The monoisotopic (exact) mass is 236 g/mol. The average molecular weight is 236 g/mol. The van der Waals surface area contributed by atoms with E-state index in [1.807, 2.05) is 24.5 Å². The van der Waals surface area contributed by atoms with Crippen LogP contribution >= 0.6 is 10.8 Å². The van der Waals surface area contributed by atoms with Gasteiger partial charge in [0.15, 0.2) is 0 Å². The smallest absolute Gasteiger partial charge is 0.0846 e. The molecule has 0 saturated heterocycles. The van der Waals surface area contributed by atoms with Crippen molar-refractivity contribution in [1.29, 1.82) is 0 Å². The van der Waals surface area contributed by atoms with Crippen LogP contribution in [0.1, 0.15) is 5.56 Å². The lowest BCUT2D eigenvalue weighted by Crippen LogP contribution is -1.91. The molecule has 0 saturated carbocycles. The van der Waals surface area contributed by atoms with Crippen LogP contribution in [0.25, 0.3) is 10.8 Å². The normalized spacial score (nSPS) is 12.9. The lowest BCUT2D eigenvalue weighted by molar-refractivity contribution is 0.691. The zero-order valence-corrected chi connectivity index (χ0v) is 10.1. The van der Waals surface area contributed by atoms with Crippen LogP contribution in [0.5, 0.6) is 0 Å². The fraction of sp³-hybridized carbons (Fsp3) is 0.167. The minimum atomic E-state index is -0.817. The molecule has 0 aliphatic heterocycles. The Hall–Kier alpha value is -0.800. The van der Waals surface area contributed by atoms with Gasteiger partial charge in [-0.3, -0.25) is 0 Å². The van der Waals surface area contributed by atoms with Crippen LogP contribution in [0.15, 0.2) is 42.5 Å². The highest BCUT2D eigenvalue weighted by molar-refractivity contribution is 8.68. The SMILES string of the molecule is CSS(=O)Cc1cccc2ccccc12. The lowest BCUT2D eigenvalue weighted by atomic mass is 10.1. The van der Waals surface area contributed by atoms with E-state index in [1.54, 1.807) is 0 Å². The second kappa shape index (κ2) is 4.81. The quantitative estimate of drug-likeness (QED) is 0.760. The molecule has 0 aliphatic rings. The summed E-state index contributed by atoms with van der Waals surface area (Å²) in [6.07, 6.45) is 1.88. The maximum atomic E-state index is 11.5. The molecule has 0 fully saturated rings. The third-order valence-corrected chi connectivity index (χ3v) is 4.73. The maximum absolute atomic E-state index is 11.5. The molecule has 1 atom stereocenters. The summed E-state index contributed by atoms with van der Waals surface area (Å²) >= 11 is 0. The molecule has 1 unspecified atom stereocenters. The third-order valence-electron chi connectivity index (χ3n) is 2.34. The predicted molar refractivity (Wildman–Crippen MR) is 69.3 cm³/mol. The molecule has 0 aromatic heterocycles. The first-order chi connectivity index (χ1) is 7.31. The first kappa shape index (κ1) is 10.7. The lowest BCUT2D eigenvalue weighted by Gasteiger charge is -2.04. The Morgan fingerprint density at radius 3 is 2.67 bits per heavy atom. The minimum absolute atomic E-state index is 0.628. The van der Waals surface area contributed by atoms with Crippen LogP contribution in [0, 0.1) is 0 Å². The topological polar surface area (TPSA) is 17.1 Å². The molecule has 3 heteroatoms. The van der Waals surface area contributed by atoms with Crippen molar-refractivity contribution in [3.05, 3.63) is 48.0 Å². The van der Waals surface area contributed by atoms with Gasteiger partial charge in [-0.15, -0.1) is 0 Å². The Balaban J connectivity index is 2.46. The summed E-state index contributed by atoms with van der Waals surface area (Å²) in [5.74, 6) is 0.628. The molecule has 1 nitrogen and oxygen atoms in total. The van der Waals surface area contributed by atoms with Crippen LogP contribution in [-0.4, -0.2) is 10.5 Å². The molecule has 0 heterocycles. The molecule has 15 heavy (non-hydrogen) atoms. The van der Waals surface area contributed by atoms with Crippen molar-refractivity contribution in [2.45, 2.75) is 5.75 Å². The van der Waals surface area contributed by atoms with E-state index in [9.17, 15) is 4.21 Å². The van der Waals surface area contributed by atoms with Crippen LogP contribution in [0.2, 0.25) is 0 Å². The summed E-state index contributed by atoms with van der Waals surface area (Å²) in [6, 6.07) is 14.4. The van der Waals surface area contributed by atoms with Gasteiger partial charge >= 0.3 is 0 Å². The molecule has 0 aliphatic carbocycles. The number of hydrogen-bond donors (Lipinski definition) is 0. The predicted octanol–water partition coefficient (Wildman–Crippen LogP) is 3.37. The number of benzene rings is 2. The minimum Gasteiger partial charge on any atom is -0.248 e. The maximum Gasteiger partial charge on any atom is 0.0846 e. The van der Waals surface area contributed by atoms with Crippen molar-refractivity contribution in [2.24, 2.45) is 0 Å². The van der Waals surface area contributed by atoms with E-state index < -0.39 is 9.83 Å². The molecular weight excluding hydrogens is 224 g/mol. The molecule has 0 spiro atoms. The molecule has 0 radical (unpaired) electrons. The van der Waals surface area contributed by atoms with E-state index in [0.29, 0.717) is 5.75 Å². The number of fused-ring (bicyclic) bond motifs is 1. The third kappa shape index (κ3) is 2.41. The van der Waals surface area contributed by atoms with Crippen molar-refractivity contribution in [1.82, 2.24) is 0 Å². The van der Waals surface area contributed by atoms with Crippen molar-refractivity contribution in [2.75, 3.05) is 6.26 Å². The van der Waals surface area contributed by atoms with Gasteiger partial charge < -0.3 is 0 Å². The highest BCUT2D eigenvalue weighted by Crippen LogP contribution is 2.21. The van der Waals surface area contributed by atoms with Crippen LogP contribution in [0.3, 0.4) is 0 Å². The van der Waals surface area contributed by atoms with Gasteiger partial charge in [0, 0.05) is 0 Å². The van der Waals surface area contributed by atoms with Gasteiger partial charge in [0.05, 0.1) is 15.6 Å². The number of hydrogen-bond acceptors (Lipinski definition) is 2. The second-order valence-corrected chi connectivity index (χ2v) is 6.60. The average Bonchev–Trinajstić information content (AvgIpc) is 2.29. The summed E-state index contributed by atoms with van der Waals surface area (Å²) in [5.41, 5.74) is 1.17. The highest BCUT2D eigenvalue weighted by Gasteiger charge is 2.03. The van der Waals surface area contributed by atoms with Gasteiger partial charge in [-0.25, -0.2) is 4.21 Å². The molecular formula is C12H12OS2. The van der Waals surface area contributed by atoms with Crippen LogP contribution in [-0.2, 0) is 15.6 Å². The molecule has 0 N–H and O–H groups in total. The largest absolute Gasteiger partial charge is 0.248 e. The molecule has 2 rings (SSSR count). The standard InChI is InChI=1S/C12H12OS2/c1-14-15(13)9-11-7-4-6-10-5-2-3-8-12(10)11/h2-8H,9H2,1H3. The van der Waals surface area contributed by atoms with Gasteiger partial charge in [-0.1, -0.05) is 53.3 Å². The molecule has 2 aromatic carbocycles. The fourth-order valence-corrected chi connectivity index (χ4v) is 2.96. The van der Waals surface area contributed by atoms with E-state index in [0.717, 1.165) is 0 Å². The Labute approximate surface area is 95.7 Å². The van der Waals surface area contributed by atoms with Crippen molar-refractivity contribution in [3.8, 4) is 0 Å². The van der Waals surface area contributed by atoms with Crippen LogP contribution < -0.4 is 0 Å². The summed E-state index contributed by atoms with van der Waals surface area (Å²) in [6.45, 7) is 0. The summed E-state index contributed by atoms with van der Waals surface area (Å²) in [7, 11) is 0.583.